The average Bonchev–Trinajstić information content (AvgIpc) is 3.27. The fraction of sp³-hybridized carbons (Fsp3) is 0.263. The Morgan fingerprint density at radius 3 is 2.92 bits per heavy atom. The van der Waals surface area contributed by atoms with Gasteiger partial charge in [-0.2, -0.15) is 0 Å². The van der Waals surface area contributed by atoms with Crippen molar-refractivity contribution in [1.82, 2.24) is 15.3 Å². The van der Waals surface area contributed by atoms with Crippen LogP contribution in [-0.4, -0.2) is 29.5 Å². The number of aromatic nitrogens is 2. The van der Waals surface area contributed by atoms with Gasteiger partial charge in [0.25, 0.3) is 5.91 Å². The standard InChI is InChI=1S/C19H19N3O2/c1-24-17-5-3-2-4-14(17)19(8-9-19)11-20-18(23)13-6-7-15-16(10-13)22-12-21-15/h2-7,10,12H,8-9,11H2,1H3,(H,20,23)(H,21,22). The molecule has 3 aromatic rings. The highest BCUT2D eigenvalue weighted by Gasteiger charge is 2.46. The molecule has 0 bridgehead atoms. The van der Waals surface area contributed by atoms with Crippen LogP contribution < -0.4 is 10.1 Å². The molecule has 5 nitrogen and oxygen atoms in total. The minimum atomic E-state index is -0.0623. The lowest BCUT2D eigenvalue weighted by Crippen LogP contribution is -2.32. The van der Waals surface area contributed by atoms with E-state index in [1.165, 1.54) is 5.56 Å². The summed E-state index contributed by atoms with van der Waals surface area (Å²) in [5.41, 5.74) is 3.55. The molecular weight excluding hydrogens is 302 g/mol. The molecule has 4 rings (SSSR count). The highest BCUT2D eigenvalue weighted by Crippen LogP contribution is 2.50. The molecule has 1 aromatic heterocycles. The average molecular weight is 321 g/mol. The first-order valence-electron chi connectivity index (χ1n) is 8.07. The first-order valence-corrected chi connectivity index (χ1v) is 8.07. The summed E-state index contributed by atoms with van der Waals surface area (Å²) in [6.45, 7) is 0.618. The van der Waals surface area contributed by atoms with Crippen molar-refractivity contribution in [3.05, 3.63) is 59.9 Å². The molecule has 2 N–H and O–H groups in total. The van der Waals surface area contributed by atoms with E-state index < -0.39 is 0 Å². The molecule has 1 fully saturated rings. The van der Waals surface area contributed by atoms with Crippen LogP contribution in [0.1, 0.15) is 28.8 Å². The third kappa shape index (κ3) is 2.52. The number of fused-ring (bicyclic) bond motifs is 1. The molecule has 1 heterocycles. The number of ether oxygens (including phenoxy) is 1. The number of hydrogen-bond acceptors (Lipinski definition) is 3. The van der Waals surface area contributed by atoms with Gasteiger partial charge in [0.1, 0.15) is 5.75 Å². The number of benzene rings is 2. The van der Waals surface area contributed by atoms with E-state index in [-0.39, 0.29) is 11.3 Å². The Kier molecular flexibility index (Phi) is 3.49. The van der Waals surface area contributed by atoms with Crippen molar-refractivity contribution < 1.29 is 9.53 Å². The van der Waals surface area contributed by atoms with Crippen LogP contribution in [0, 0.1) is 0 Å². The lowest BCUT2D eigenvalue weighted by atomic mass is 9.94. The van der Waals surface area contributed by atoms with Crippen LogP contribution >= 0.6 is 0 Å². The topological polar surface area (TPSA) is 67.0 Å². The molecule has 0 atom stereocenters. The van der Waals surface area contributed by atoms with Gasteiger partial charge in [-0.25, -0.2) is 4.98 Å². The number of carbonyl (C=O) groups is 1. The predicted molar refractivity (Wildman–Crippen MR) is 92.3 cm³/mol. The maximum absolute atomic E-state index is 12.5. The van der Waals surface area contributed by atoms with Crippen LogP contribution in [-0.2, 0) is 5.41 Å². The summed E-state index contributed by atoms with van der Waals surface area (Å²) in [7, 11) is 1.69. The smallest absolute Gasteiger partial charge is 0.251 e. The Hall–Kier alpha value is -2.82. The fourth-order valence-electron chi connectivity index (χ4n) is 3.20. The predicted octanol–water partition coefficient (Wildman–Crippen LogP) is 3.03. The Labute approximate surface area is 140 Å². The third-order valence-electron chi connectivity index (χ3n) is 4.80. The van der Waals surface area contributed by atoms with Crippen LogP contribution in [0.4, 0.5) is 0 Å². The molecule has 2 aromatic carbocycles. The SMILES string of the molecule is COc1ccccc1C1(CNC(=O)c2ccc3nc[nH]c3c2)CC1. The number of H-pyrrole nitrogens is 1. The van der Waals surface area contributed by atoms with Crippen molar-refractivity contribution in [3.8, 4) is 5.75 Å². The van der Waals surface area contributed by atoms with E-state index in [1.54, 1.807) is 19.5 Å². The van der Waals surface area contributed by atoms with Gasteiger partial charge >= 0.3 is 0 Å². The number of para-hydroxylation sites is 1. The van der Waals surface area contributed by atoms with Crippen LogP contribution in [0.5, 0.6) is 5.75 Å². The number of aromatic amines is 1. The quantitative estimate of drug-likeness (QED) is 0.759. The van der Waals surface area contributed by atoms with Crippen LogP contribution in [0.3, 0.4) is 0 Å². The minimum Gasteiger partial charge on any atom is -0.496 e. The van der Waals surface area contributed by atoms with E-state index in [4.69, 9.17) is 4.74 Å². The zero-order chi connectivity index (χ0) is 16.6. The van der Waals surface area contributed by atoms with E-state index in [1.807, 2.05) is 30.3 Å². The number of nitrogens with one attached hydrogen (secondary N) is 2. The Bertz CT molecular complexity index is 896. The van der Waals surface area contributed by atoms with Crippen LogP contribution in [0.25, 0.3) is 11.0 Å². The molecule has 0 aliphatic heterocycles. The Balaban J connectivity index is 1.50. The summed E-state index contributed by atoms with van der Waals surface area (Å²) in [6.07, 6.45) is 3.76. The van der Waals surface area contributed by atoms with E-state index in [2.05, 4.69) is 21.4 Å². The molecule has 0 radical (unpaired) electrons. The second-order valence-electron chi connectivity index (χ2n) is 6.30. The molecule has 1 saturated carbocycles. The second kappa shape index (κ2) is 5.67. The van der Waals surface area contributed by atoms with Gasteiger partial charge in [-0.3, -0.25) is 4.79 Å². The van der Waals surface area contributed by atoms with Gasteiger partial charge in [0, 0.05) is 23.1 Å². The summed E-state index contributed by atoms with van der Waals surface area (Å²) in [6, 6.07) is 13.6. The normalized spacial score (nSPS) is 15.2. The molecule has 1 amide bonds. The fourth-order valence-corrected chi connectivity index (χ4v) is 3.20. The van der Waals surface area contributed by atoms with Gasteiger partial charge in [0.2, 0.25) is 0 Å². The highest BCUT2D eigenvalue weighted by atomic mass is 16.5. The molecular formula is C19H19N3O2. The van der Waals surface area contributed by atoms with Gasteiger partial charge in [-0.1, -0.05) is 18.2 Å². The summed E-state index contributed by atoms with van der Waals surface area (Å²) >= 11 is 0. The zero-order valence-electron chi connectivity index (χ0n) is 13.5. The number of amides is 1. The second-order valence-corrected chi connectivity index (χ2v) is 6.30. The number of methoxy groups -OCH3 is 1. The largest absolute Gasteiger partial charge is 0.496 e. The Morgan fingerprint density at radius 2 is 2.12 bits per heavy atom. The third-order valence-corrected chi connectivity index (χ3v) is 4.80. The molecule has 24 heavy (non-hydrogen) atoms. The minimum absolute atomic E-state index is 0.000349. The van der Waals surface area contributed by atoms with Crippen molar-refractivity contribution in [2.24, 2.45) is 0 Å². The molecule has 0 saturated heterocycles. The summed E-state index contributed by atoms with van der Waals surface area (Å²) in [4.78, 5) is 19.7. The van der Waals surface area contributed by atoms with E-state index in [9.17, 15) is 4.79 Å². The highest BCUT2D eigenvalue weighted by molar-refractivity contribution is 5.97. The van der Waals surface area contributed by atoms with Crippen LogP contribution in [0.15, 0.2) is 48.8 Å². The van der Waals surface area contributed by atoms with Gasteiger partial charge in [0.05, 0.1) is 24.5 Å². The van der Waals surface area contributed by atoms with Gasteiger partial charge in [-0.15, -0.1) is 0 Å². The van der Waals surface area contributed by atoms with Crippen molar-refractivity contribution in [3.63, 3.8) is 0 Å². The van der Waals surface area contributed by atoms with Gasteiger partial charge in [-0.05, 0) is 37.1 Å². The summed E-state index contributed by atoms with van der Waals surface area (Å²) in [5.74, 6) is 0.829. The molecule has 1 aliphatic carbocycles. The first kappa shape index (κ1) is 14.8. The number of imidazole rings is 1. The number of hydrogen-bond donors (Lipinski definition) is 2. The number of nitrogens with zero attached hydrogens (tertiary/aromatic N) is 1. The lowest BCUT2D eigenvalue weighted by molar-refractivity contribution is 0.0949. The number of carbonyl (C=O) groups excluding carboxylic acids is 1. The molecule has 5 heteroatoms. The first-order chi connectivity index (χ1) is 11.7. The maximum atomic E-state index is 12.5. The van der Waals surface area contributed by atoms with Crippen molar-refractivity contribution in [2.75, 3.05) is 13.7 Å². The monoisotopic (exact) mass is 321 g/mol. The van der Waals surface area contributed by atoms with Gasteiger partial charge < -0.3 is 15.0 Å². The van der Waals surface area contributed by atoms with E-state index in [0.29, 0.717) is 12.1 Å². The lowest BCUT2D eigenvalue weighted by Gasteiger charge is -2.19. The van der Waals surface area contributed by atoms with Crippen LogP contribution in [0.2, 0.25) is 0 Å². The van der Waals surface area contributed by atoms with E-state index in [0.717, 1.165) is 29.6 Å². The van der Waals surface area contributed by atoms with Crippen molar-refractivity contribution in [1.29, 1.82) is 0 Å². The molecule has 0 unspecified atom stereocenters. The maximum Gasteiger partial charge on any atom is 0.251 e. The molecule has 122 valence electrons. The molecule has 0 spiro atoms. The summed E-state index contributed by atoms with van der Waals surface area (Å²) < 4.78 is 5.48. The molecule has 1 aliphatic rings. The Morgan fingerprint density at radius 1 is 1.29 bits per heavy atom. The van der Waals surface area contributed by atoms with E-state index >= 15 is 0 Å². The van der Waals surface area contributed by atoms with Crippen molar-refractivity contribution >= 4 is 16.9 Å². The number of rotatable bonds is 5. The summed E-state index contributed by atoms with van der Waals surface area (Å²) in [5, 5.41) is 3.08. The zero-order valence-corrected chi connectivity index (χ0v) is 13.5. The van der Waals surface area contributed by atoms with Crippen molar-refractivity contribution in [2.45, 2.75) is 18.3 Å². The van der Waals surface area contributed by atoms with Gasteiger partial charge in [0.15, 0.2) is 0 Å².